The minimum Gasteiger partial charge on any atom is -0.452 e. The van der Waals surface area contributed by atoms with E-state index in [1.165, 1.54) is 13.2 Å². The maximum Gasteiger partial charge on any atom is 0.425 e. The summed E-state index contributed by atoms with van der Waals surface area (Å²) in [7, 11) is 1.22. The topological polar surface area (TPSA) is 67.4 Å². The zero-order valence-corrected chi connectivity index (χ0v) is 10.9. The maximum absolute atomic E-state index is 11.5. The molecular formula is C15H14N2O3. The first-order valence-corrected chi connectivity index (χ1v) is 6.00. The van der Waals surface area contributed by atoms with Gasteiger partial charge in [0, 0.05) is 6.08 Å². The largest absolute Gasteiger partial charge is 0.452 e. The summed E-state index contributed by atoms with van der Waals surface area (Å²) in [6, 6.07) is 13.7. The molecule has 0 aliphatic carbocycles. The van der Waals surface area contributed by atoms with Crippen LogP contribution in [0, 0.1) is 0 Å². The fraction of sp³-hybridized carbons (Fsp3) is 0.0667. The minimum absolute atomic E-state index is 0.441. The van der Waals surface area contributed by atoms with Gasteiger partial charge in [-0.05, 0) is 22.4 Å². The molecule has 0 unspecified atom stereocenters. The molecule has 0 saturated carbocycles. The summed E-state index contributed by atoms with van der Waals surface area (Å²) in [6.07, 6.45) is 2.31. The highest BCUT2D eigenvalue weighted by atomic mass is 16.5. The number of ether oxygens (including phenoxy) is 1. The third-order valence-electron chi connectivity index (χ3n) is 2.71. The van der Waals surface area contributed by atoms with Crippen molar-refractivity contribution in [2.24, 2.45) is 0 Å². The van der Waals surface area contributed by atoms with Crippen molar-refractivity contribution in [1.82, 2.24) is 10.9 Å². The lowest BCUT2D eigenvalue weighted by Crippen LogP contribution is -2.40. The van der Waals surface area contributed by atoms with Crippen molar-refractivity contribution >= 4 is 28.8 Å². The number of amides is 2. The van der Waals surface area contributed by atoms with E-state index in [9.17, 15) is 9.59 Å². The quantitative estimate of drug-likeness (QED) is 0.649. The SMILES string of the molecule is COC(=O)NNC(=O)/C=C/c1cccc2ccccc12. The van der Waals surface area contributed by atoms with Crippen LogP contribution in [0.1, 0.15) is 5.56 Å². The van der Waals surface area contributed by atoms with Gasteiger partial charge < -0.3 is 4.74 Å². The van der Waals surface area contributed by atoms with Gasteiger partial charge >= 0.3 is 6.09 Å². The van der Waals surface area contributed by atoms with E-state index in [1.54, 1.807) is 6.08 Å². The Labute approximate surface area is 116 Å². The van der Waals surface area contributed by atoms with Gasteiger partial charge in [0.25, 0.3) is 5.91 Å². The van der Waals surface area contributed by atoms with Gasteiger partial charge in [-0.3, -0.25) is 10.2 Å². The van der Waals surface area contributed by atoms with Crippen molar-refractivity contribution in [2.75, 3.05) is 7.11 Å². The number of benzene rings is 2. The average Bonchev–Trinajstić information content (AvgIpc) is 2.50. The first-order valence-electron chi connectivity index (χ1n) is 6.00. The summed E-state index contributed by atoms with van der Waals surface area (Å²) in [5.74, 6) is -0.441. The van der Waals surface area contributed by atoms with Crippen LogP contribution in [0.2, 0.25) is 0 Å². The van der Waals surface area contributed by atoms with Crippen LogP contribution in [-0.2, 0) is 9.53 Å². The molecular weight excluding hydrogens is 256 g/mol. The van der Waals surface area contributed by atoms with E-state index in [0.29, 0.717) is 0 Å². The highest BCUT2D eigenvalue weighted by Gasteiger charge is 2.01. The predicted octanol–water partition coefficient (Wildman–Crippen LogP) is 2.24. The number of carbonyl (C=O) groups is 2. The van der Waals surface area contributed by atoms with Crippen molar-refractivity contribution in [3.8, 4) is 0 Å². The number of carbonyl (C=O) groups excluding carboxylic acids is 2. The molecule has 2 aromatic rings. The summed E-state index contributed by atoms with van der Waals surface area (Å²) in [4.78, 5) is 22.3. The van der Waals surface area contributed by atoms with Gasteiger partial charge in [0.1, 0.15) is 0 Å². The molecule has 2 aromatic carbocycles. The van der Waals surface area contributed by atoms with Crippen LogP contribution in [-0.4, -0.2) is 19.1 Å². The Morgan fingerprint density at radius 2 is 1.80 bits per heavy atom. The van der Waals surface area contributed by atoms with Gasteiger partial charge in [0.2, 0.25) is 0 Å². The van der Waals surface area contributed by atoms with Crippen LogP contribution in [0.4, 0.5) is 4.79 Å². The number of hydrazine groups is 1. The summed E-state index contributed by atoms with van der Waals surface area (Å²) < 4.78 is 4.33. The standard InChI is InChI=1S/C15H14N2O3/c1-20-15(19)17-16-14(18)10-9-12-7-4-6-11-5-2-3-8-13(11)12/h2-10H,1H3,(H,16,18)(H,17,19)/b10-9+. The summed E-state index contributed by atoms with van der Waals surface area (Å²) in [5.41, 5.74) is 5.22. The summed E-state index contributed by atoms with van der Waals surface area (Å²) in [6.45, 7) is 0. The Kier molecular flexibility index (Phi) is 4.34. The third-order valence-corrected chi connectivity index (χ3v) is 2.71. The lowest BCUT2D eigenvalue weighted by Gasteiger charge is -2.03. The molecule has 0 heterocycles. The molecule has 2 N–H and O–H groups in total. The molecule has 2 amide bonds. The van der Waals surface area contributed by atoms with Gasteiger partial charge in [0.15, 0.2) is 0 Å². The molecule has 0 radical (unpaired) electrons. The van der Waals surface area contributed by atoms with Gasteiger partial charge in [-0.15, -0.1) is 0 Å². The lowest BCUT2D eigenvalue weighted by molar-refractivity contribution is -0.117. The fourth-order valence-electron chi connectivity index (χ4n) is 1.77. The van der Waals surface area contributed by atoms with E-state index in [-0.39, 0.29) is 0 Å². The Morgan fingerprint density at radius 1 is 1.05 bits per heavy atom. The Morgan fingerprint density at radius 3 is 2.60 bits per heavy atom. The summed E-state index contributed by atoms with van der Waals surface area (Å²) >= 11 is 0. The first kappa shape index (κ1) is 13.6. The number of methoxy groups -OCH3 is 1. The van der Waals surface area contributed by atoms with Crippen LogP contribution < -0.4 is 10.9 Å². The highest BCUT2D eigenvalue weighted by Crippen LogP contribution is 2.19. The molecule has 2 rings (SSSR count). The Balaban J connectivity index is 2.10. The average molecular weight is 270 g/mol. The molecule has 0 atom stereocenters. The minimum atomic E-state index is -0.725. The predicted molar refractivity (Wildman–Crippen MR) is 76.7 cm³/mol. The maximum atomic E-state index is 11.5. The van der Waals surface area contributed by atoms with E-state index < -0.39 is 12.0 Å². The first-order chi connectivity index (χ1) is 9.70. The van der Waals surface area contributed by atoms with E-state index >= 15 is 0 Å². The molecule has 102 valence electrons. The van der Waals surface area contributed by atoms with Gasteiger partial charge in [-0.1, -0.05) is 42.5 Å². The molecule has 0 saturated heterocycles. The molecule has 5 nitrogen and oxygen atoms in total. The molecule has 0 aliphatic heterocycles. The molecule has 5 heteroatoms. The second kappa shape index (κ2) is 6.38. The van der Waals surface area contributed by atoms with Crippen LogP contribution >= 0.6 is 0 Å². The Bertz CT molecular complexity index is 660. The molecule has 0 spiro atoms. The fourth-order valence-corrected chi connectivity index (χ4v) is 1.77. The molecule has 0 aromatic heterocycles. The highest BCUT2D eigenvalue weighted by molar-refractivity contribution is 5.97. The van der Waals surface area contributed by atoms with Crippen molar-refractivity contribution in [3.05, 3.63) is 54.1 Å². The van der Waals surface area contributed by atoms with Crippen LogP contribution in [0.15, 0.2) is 48.5 Å². The molecule has 0 aliphatic rings. The van der Waals surface area contributed by atoms with Crippen LogP contribution in [0.5, 0.6) is 0 Å². The van der Waals surface area contributed by atoms with E-state index in [4.69, 9.17) is 0 Å². The molecule has 20 heavy (non-hydrogen) atoms. The third kappa shape index (κ3) is 3.35. The molecule has 0 bridgehead atoms. The Hall–Kier alpha value is -2.82. The van der Waals surface area contributed by atoms with E-state index in [1.807, 2.05) is 42.5 Å². The monoisotopic (exact) mass is 270 g/mol. The van der Waals surface area contributed by atoms with Crippen molar-refractivity contribution in [2.45, 2.75) is 0 Å². The van der Waals surface area contributed by atoms with E-state index in [2.05, 4.69) is 15.6 Å². The number of rotatable bonds is 2. The van der Waals surface area contributed by atoms with Crippen LogP contribution in [0.3, 0.4) is 0 Å². The zero-order valence-electron chi connectivity index (χ0n) is 10.9. The van der Waals surface area contributed by atoms with Gasteiger partial charge in [-0.2, -0.15) is 0 Å². The smallest absolute Gasteiger partial charge is 0.425 e. The number of hydrogen-bond acceptors (Lipinski definition) is 3. The van der Waals surface area contributed by atoms with Crippen molar-refractivity contribution in [1.29, 1.82) is 0 Å². The van der Waals surface area contributed by atoms with Gasteiger partial charge in [-0.25, -0.2) is 10.2 Å². The van der Waals surface area contributed by atoms with Gasteiger partial charge in [0.05, 0.1) is 7.11 Å². The van der Waals surface area contributed by atoms with Crippen molar-refractivity contribution in [3.63, 3.8) is 0 Å². The second-order valence-corrected chi connectivity index (χ2v) is 4.01. The second-order valence-electron chi connectivity index (χ2n) is 4.01. The molecule has 0 fully saturated rings. The van der Waals surface area contributed by atoms with Crippen LogP contribution in [0.25, 0.3) is 16.8 Å². The number of fused-ring (bicyclic) bond motifs is 1. The summed E-state index contributed by atoms with van der Waals surface area (Å²) in [5, 5.41) is 2.16. The number of hydrogen-bond donors (Lipinski definition) is 2. The van der Waals surface area contributed by atoms with Crippen molar-refractivity contribution < 1.29 is 14.3 Å². The zero-order chi connectivity index (χ0) is 14.4. The van der Waals surface area contributed by atoms with E-state index in [0.717, 1.165) is 16.3 Å². The lowest BCUT2D eigenvalue weighted by atomic mass is 10.0. The number of nitrogens with one attached hydrogen (secondary N) is 2. The normalized spacial score (nSPS) is 10.4.